The van der Waals surface area contributed by atoms with Gasteiger partial charge in [0.25, 0.3) is 0 Å². The first-order chi connectivity index (χ1) is 8.18. The first kappa shape index (κ1) is 15.3. The Morgan fingerprint density at radius 1 is 1.39 bits per heavy atom. The minimum absolute atomic E-state index is 0.0658. The zero-order valence-corrected chi connectivity index (χ0v) is 12.4. The maximum atomic E-state index is 12.2. The summed E-state index contributed by atoms with van der Waals surface area (Å²) in [7, 11) is -3.62. The molecule has 0 saturated heterocycles. The summed E-state index contributed by atoms with van der Waals surface area (Å²) in [4.78, 5) is 0.0658. The van der Waals surface area contributed by atoms with Gasteiger partial charge in [0.1, 0.15) is 4.90 Å². The number of benzene rings is 1. The lowest BCUT2D eigenvalue weighted by atomic mass is 10.0. The van der Waals surface area contributed by atoms with Gasteiger partial charge in [-0.2, -0.15) is 0 Å². The Morgan fingerprint density at radius 3 is 2.50 bits per heavy atom. The molecule has 0 aliphatic carbocycles. The molecule has 0 radical (unpaired) electrons. The van der Waals surface area contributed by atoms with Gasteiger partial charge in [0.05, 0.1) is 5.69 Å². The molecule has 1 aromatic carbocycles. The van der Waals surface area contributed by atoms with E-state index in [-0.39, 0.29) is 10.6 Å². The van der Waals surface area contributed by atoms with Crippen molar-refractivity contribution < 1.29 is 8.42 Å². The van der Waals surface area contributed by atoms with Crippen molar-refractivity contribution in [3.8, 4) is 0 Å². The van der Waals surface area contributed by atoms with E-state index >= 15 is 0 Å². The summed E-state index contributed by atoms with van der Waals surface area (Å²) in [5.74, 6) is 0. The second kappa shape index (κ2) is 5.47. The molecule has 0 aliphatic heterocycles. The molecule has 1 aromatic rings. The van der Waals surface area contributed by atoms with Crippen LogP contribution in [0, 0.1) is 0 Å². The molecule has 3 N–H and O–H groups in total. The molecule has 6 heteroatoms. The Morgan fingerprint density at radius 2 is 2.00 bits per heavy atom. The molecule has 0 atom stereocenters. The standard InChI is InChI=1S/C12H19ClN2O2S/c1-4-7-12(2,3)15-18(16,17)11-6-5-9(13)8-10(11)14/h5-6,8,15H,4,7,14H2,1-3H3. The van der Waals surface area contributed by atoms with Gasteiger partial charge in [-0.05, 0) is 38.5 Å². The van der Waals surface area contributed by atoms with E-state index in [1.165, 1.54) is 18.2 Å². The van der Waals surface area contributed by atoms with Gasteiger partial charge < -0.3 is 5.73 Å². The Balaban J connectivity index is 3.07. The van der Waals surface area contributed by atoms with Gasteiger partial charge in [0.15, 0.2) is 0 Å². The van der Waals surface area contributed by atoms with E-state index in [9.17, 15) is 8.42 Å². The molecule has 4 nitrogen and oxygen atoms in total. The molecule has 1 rings (SSSR count). The van der Waals surface area contributed by atoms with Crippen molar-refractivity contribution in [2.45, 2.75) is 44.0 Å². The van der Waals surface area contributed by atoms with Gasteiger partial charge in [0.2, 0.25) is 10.0 Å². The molecule has 0 bridgehead atoms. The van der Waals surface area contributed by atoms with E-state index in [0.29, 0.717) is 5.02 Å². The van der Waals surface area contributed by atoms with E-state index < -0.39 is 15.6 Å². The van der Waals surface area contributed by atoms with Crippen molar-refractivity contribution in [1.82, 2.24) is 4.72 Å². The number of anilines is 1. The smallest absolute Gasteiger partial charge is 0.243 e. The van der Waals surface area contributed by atoms with Crippen molar-refractivity contribution >= 4 is 27.3 Å². The normalized spacial score (nSPS) is 12.7. The van der Waals surface area contributed by atoms with Gasteiger partial charge in [-0.3, -0.25) is 0 Å². The van der Waals surface area contributed by atoms with Crippen LogP contribution in [-0.4, -0.2) is 14.0 Å². The third-order valence-electron chi connectivity index (χ3n) is 2.55. The maximum Gasteiger partial charge on any atom is 0.243 e. The van der Waals surface area contributed by atoms with Gasteiger partial charge in [-0.25, -0.2) is 13.1 Å². The molecule has 0 aromatic heterocycles. The average molecular weight is 291 g/mol. The Labute approximate surface area is 114 Å². The average Bonchev–Trinajstić information content (AvgIpc) is 2.14. The van der Waals surface area contributed by atoms with Crippen LogP contribution in [0.2, 0.25) is 5.02 Å². The maximum absolute atomic E-state index is 12.2. The number of nitrogen functional groups attached to an aromatic ring is 1. The molecule has 0 heterocycles. The Hall–Kier alpha value is -0.780. The summed E-state index contributed by atoms with van der Waals surface area (Å²) in [5.41, 5.74) is 5.35. The van der Waals surface area contributed by atoms with Crippen LogP contribution in [0.3, 0.4) is 0 Å². The summed E-state index contributed by atoms with van der Waals surface area (Å²) >= 11 is 5.75. The van der Waals surface area contributed by atoms with Gasteiger partial charge in [-0.1, -0.05) is 24.9 Å². The lowest BCUT2D eigenvalue weighted by Crippen LogP contribution is -2.43. The molecular formula is C12H19ClN2O2S. The SMILES string of the molecule is CCCC(C)(C)NS(=O)(=O)c1ccc(Cl)cc1N. The van der Waals surface area contributed by atoms with Crippen LogP contribution in [-0.2, 0) is 10.0 Å². The van der Waals surface area contributed by atoms with Crippen molar-refractivity contribution in [1.29, 1.82) is 0 Å². The lowest BCUT2D eigenvalue weighted by molar-refractivity contribution is 0.418. The minimum atomic E-state index is -3.62. The highest BCUT2D eigenvalue weighted by atomic mass is 35.5. The van der Waals surface area contributed by atoms with Crippen LogP contribution < -0.4 is 10.5 Å². The Bertz CT molecular complexity index is 527. The Kier molecular flexibility index (Phi) is 4.64. The van der Waals surface area contributed by atoms with Gasteiger partial charge in [0, 0.05) is 10.6 Å². The van der Waals surface area contributed by atoms with Gasteiger partial charge in [-0.15, -0.1) is 0 Å². The van der Waals surface area contributed by atoms with E-state index in [1.54, 1.807) is 0 Å². The number of hydrogen-bond acceptors (Lipinski definition) is 3. The van der Waals surface area contributed by atoms with E-state index in [2.05, 4.69) is 4.72 Å². The molecule has 0 amide bonds. The fourth-order valence-electron chi connectivity index (χ4n) is 1.86. The summed E-state index contributed by atoms with van der Waals surface area (Å²) in [6.45, 7) is 5.70. The third kappa shape index (κ3) is 3.86. The van der Waals surface area contributed by atoms with E-state index in [4.69, 9.17) is 17.3 Å². The number of rotatable bonds is 5. The predicted octanol–water partition coefficient (Wildman–Crippen LogP) is 2.78. The molecule has 0 spiro atoms. The van der Waals surface area contributed by atoms with Crippen molar-refractivity contribution in [2.75, 3.05) is 5.73 Å². The van der Waals surface area contributed by atoms with E-state index in [1.807, 2.05) is 20.8 Å². The number of hydrogen-bond donors (Lipinski definition) is 2. The van der Waals surface area contributed by atoms with Crippen molar-refractivity contribution in [2.24, 2.45) is 0 Å². The highest BCUT2D eigenvalue weighted by molar-refractivity contribution is 7.89. The quantitative estimate of drug-likeness (QED) is 0.819. The fraction of sp³-hybridized carbons (Fsp3) is 0.500. The summed E-state index contributed by atoms with van der Waals surface area (Å²) in [5, 5.41) is 0.416. The molecule has 18 heavy (non-hydrogen) atoms. The molecule has 0 aliphatic rings. The number of sulfonamides is 1. The van der Waals surface area contributed by atoms with Crippen molar-refractivity contribution in [3.05, 3.63) is 23.2 Å². The lowest BCUT2D eigenvalue weighted by Gasteiger charge is -2.25. The molecular weight excluding hydrogens is 272 g/mol. The second-order valence-corrected chi connectivity index (χ2v) is 7.01. The predicted molar refractivity (Wildman–Crippen MR) is 75.2 cm³/mol. The third-order valence-corrected chi connectivity index (χ3v) is 4.55. The zero-order chi connectivity index (χ0) is 14.0. The highest BCUT2D eigenvalue weighted by Gasteiger charge is 2.26. The zero-order valence-electron chi connectivity index (χ0n) is 10.8. The van der Waals surface area contributed by atoms with Crippen LogP contribution in [0.4, 0.5) is 5.69 Å². The van der Waals surface area contributed by atoms with Gasteiger partial charge >= 0.3 is 0 Å². The van der Waals surface area contributed by atoms with E-state index in [0.717, 1.165) is 12.8 Å². The molecule has 0 saturated carbocycles. The van der Waals surface area contributed by atoms with Crippen LogP contribution in [0.15, 0.2) is 23.1 Å². The summed E-state index contributed by atoms with van der Waals surface area (Å²) in [6.07, 6.45) is 1.64. The fourth-order valence-corrected chi connectivity index (χ4v) is 3.60. The van der Waals surface area contributed by atoms with Crippen LogP contribution in [0.25, 0.3) is 0 Å². The largest absolute Gasteiger partial charge is 0.398 e. The van der Waals surface area contributed by atoms with Crippen LogP contribution in [0.1, 0.15) is 33.6 Å². The monoisotopic (exact) mass is 290 g/mol. The second-order valence-electron chi connectivity index (χ2n) is 4.92. The number of halogens is 1. The van der Waals surface area contributed by atoms with Crippen LogP contribution >= 0.6 is 11.6 Å². The number of nitrogens with two attached hydrogens (primary N) is 1. The molecule has 102 valence electrons. The topological polar surface area (TPSA) is 72.2 Å². The molecule has 0 fully saturated rings. The summed E-state index contributed by atoms with van der Waals surface area (Å²) in [6, 6.07) is 4.37. The first-order valence-corrected chi connectivity index (χ1v) is 7.63. The molecule has 0 unspecified atom stereocenters. The van der Waals surface area contributed by atoms with Crippen molar-refractivity contribution in [3.63, 3.8) is 0 Å². The minimum Gasteiger partial charge on any atom is -0.398 e. The summed E-state index contributed by atoms with van der Waals surface area (Å²) < 4.78 is 27.1. The highest BCUT2D eigenvalue weighted by Crippen LogP contribution is 2.24. The number of nitrogens with one attached hydrogen (secondary N) is 1. The van der Waals surface area contributed by atoms with Crippen LogP contribution in [0.5, 0.6) is 0 Å². The first-order valence-electron chi connectivity index (χ1n) is 5.77.